The van der Waals surface area contributed by atoms with Crippen LogP contribution in [0.15, 0.2) is 48.7 Å². The van der Waals surface area contributed by atoms with Gasteiger partial charge in [-0.15, -0.1) is 0 Å². The Morgan fingerprint density at radius 1 is 1.00 bits per heavy atom. The summed E-state index contributed by atoms with van der Waals surface area (Å²) >= 11 is 0. The molecule has 3 rings (SSSR count). The third-order valence-electron chi connectivity index (χ3n) is 3.85. The van der Waals surface area contributed by atoms with E-state index < -0.39 is 0 Å². The van der Waals surface area contributed by atoms with Crippen molar-refractivity contribution in [3.8, 4) is 0 Å². The first-order chi connectivity index (χ1) is 10.2. The van der Waals surface area contributed by atoms with Crippen molar-refractivity contribution in [2.45, 2.75) is 27.2 Å². The number of benzene rings is 2. The molecule has 0 aliphatic heterocycles. The summed E-state index contributed by atoms with van der Waals surface area (Å²) in [5, 5.41) is 4.76. The number of rotatable bonds is 3. The van der Waals surface area contributed by atoms with Crippen LogP contribution in [0.5, 0.6) is 0 Å². The number of para-hydroxylation sites is 1. The van der Waals surface area contributed by atoms with Crippen molar-refractivity contribution >= 4 is 22.3 Å². The van der Waals surface area contributed by atoms with Crippen LogP contribution in [-0.4, -0.2) is 4.98 Å². The van der Waals surface area contributed by atoms with E-state index in [0.29, 0.717) is 0 Å². The van der Waals surface area contributed by atoms with Gasteiger partial charge in [0.1, 0.15) is 0 Å². The molecule has 0 amide bonds. The molecule has 0 saturated carbocycles. The van der Waals surface area contributed by atoms with Crippen molar-refractivity contribution in [2.75, 3.05) is 5.32 Å². The predicted octanol–water partition coefficient (Wildman–Crippen LogP) is 5.16. The molecule has 2 aromatic carbocycles. The molecular weight excluding hydrogens is 256 g/mol. The van der Waals surface area contributed by atoms with Crippen LogP contribution in [0, 0.1) is 13.8 Å². The lowest BCUT2D eigenvalue weighted by Crippen LogP contribution is -1.97. The minimum absolute atomic E-state index is 1.02. The van der Waals surface area contributed by atoms with Gasteiger partial charge in [-0.3, -0.25) is 4.98 Å². The molecule has 0 aliphatic carbocycles. The average Bonchev–Trinajstić information content (AvgIpc) is 2.48. The van der Waals surface area contributed by atoms with Gasteiger partial charge in [0, 0.05) is 23.0 Å². The molecule has 21 heavy (non-hydrogen) atoms. The topological polar surface area (TPSA) is 24.9 Å². The lowest BCUT2D eigenvalue weighted by atomic mass is 10.0. The van der Waals surface area contributed by atoms with Gasteiger partial charge in [0.15, 0.2) is 0 Å². The normalized spacial score (nSPS) is 10.8. The highest BCUT2D eigenvalue weighted by molar-refractivity contribution is 5.95. The van der Waals surface area contributed by atoms with E-state index in [2.05, 4.69) is 67.5 Å². The molecule has 0 radical (unpaired) electrons. The summed E-state index contributed by atoms with van der Waals surface area (Å²) in [5.41, 5.74) is 7.17. The number of nitrogens with one attached hydrogen (secondary N) is 1. The number of anilines is 2. The zero-order valence-electron chi connectivity index (χ0n) is 12.8. The van der Waals surface area contributed by atoms with Crippen LogP contribution >= 0.6 is 0 Å². The lowest BCUT2D eigenvalue weighted by molar-refractivity contribution is 1.14. The smallest absolute Gasteiger partial charge is 0.0752 e. The van der Waals surface area contributed by atoms with Crippen LogP contribution in [0.4, 0.5) is 11.4 Å². The highest BCUT2D eigenvalue weighted by Crippen LogP contribution is 2.29. The van der Waals surface area contributed by atoms with E-state index >= 15 is 0 Å². The van der Waals surface area contributed by atoms with E-state index in [9.17, 15) is 0 Å². The van der Waals surface area contributed by atoms with Crippen LogP contribution in [0.2, 0.25) is 0 Å². The molecule has 2 nitrogen and oxygen atoms in total. The standard InChI is InChI=1S/C19H20N2/c1-4-15-7-5-6-8-17(15)21-18-9-10-20-19-14(3)11-13(2)12-16(18)19/h5-12H,4H2,1-3H3,(H,20,21). The Hall–Kier alpha value is -2.35. The fourth-order valence-electron chi connectivity index (χ4n) is 2.82. The van der Waals surface area contributed by atoms with E-state index in [4.69, 9.17) is 0 Å². The zero-order valence-corrected chi connectivity index (χ0v) is 12.8. The van der Waals surface area contributed by atoms with Gasteiger partial charge in [0.25, 0.3) is 0 Å². The first-order valence-corrected chi connectivity index (χ1v) is 7.40. The number of aromatic nitrogens is 1. The molecule has 0 saturated heterocycles. The first-order valence-electron chi connectivity index (χ1n) is 7.40. The van der Waals surface area contributed by atoms with E-state index in [1.54, 1.807) is 0 Å². The molecule has 0 spiro atoms. The van der Waals surface area contributed by atoms with Crippen LogP contribution in [0.3, 0.4) is 0 Å². The van der Waals surface area contributed by atoms with Gasteiger partial charge in [0.2, 0.25) is 0 Å². The van der Waals surface area contributed by atoms with Crippen molar-refractivity contribution < 1.29 is 0 Å². The van der Waals surface area contributed by atoms with Gasteiger partial charge in [-0.2, -0.15) is 0 Å². The number of fused-ring (bicyclic) bond motifs is 1. The second-order valence-electron chi connectivity index (χ2n) is 5.47. The molecule has 0 fully saturated rings. The minimum Gasteiger partial charge on any atom is -0.355 e. The number of pyridine rings is 1. The first kappa shape index (κ1) is 13.6. The van der Waals surface area contributed by atoms with E-state index in [-0.39, 0.29) is 0 Å². The number of hydrogen-bond acceptors (Lipinski definition) is 2. The van der Waals surface area contributed by atoms with Gasteiger partial charge in [0.05, 0.1) is 5.52 Å². The second kappa shape index (κ2) is 5.57. The number of aryl methyl sites for hydroxylation is 3. The molecule has 1 heterocycles. The van der Waals surface area contributed by atoms with Gasteiger partial charge >= 0.3 is 0 Å². The predicted molar refractivity (Wildman–Crippen MR) is 90.3 cm³/mol. The van der Waals surface area contributed by atoms with Gasteiger partial charge in [-0.05, 0) is 49.6 Å². The molecule has 2 heteroatoms. The molecule has 0 atom stereocenters. The maximum Gasteiger partial charge on any atom is 0.0752 e. The summed E-state index contributed by atoms with van der Waals surface area (Å²) in [6.07, 6.45) is 2.89. The second-order valence-corrected chi connectivity index (χ2v) is 5.47. The Morgan fingerprint density at radius 2 is 1.81 bits per heavy atom. The maximum absolute atomic E-state index is 4.53. The molecule has 0 bridgehead atoms. The maximum atomic E-state index is 4.53. The molecule has 106 valence electrons. The third-order valence-corrected chi connectivity index (χ3v) is 3.85. The zero-order chi connectivity index (χ0) is 14.8. The highest BCUT2D eigenvalue weighted by atomic mass is 14.9. The van der Waals surface area contributed by atoms with Gasteiger partial charge < -0.3 is 5.32 Å². The fourth-order valence-corrected chi connectivity index (χ4v) is 2.82. The van der Waals surface area contributed by atoms with Crippen molar-refractivity contribution in [3.05, 3.63) is 65.4 Å². The Kier molecular flexibility index (Phi) is 3.61. The SMILES string of the molecule is CCc1ccccc1Nc1ccnc2c(C)cc(C)cc12. The molecule has 0 aliphatic rings. The molecular formula is C19H20N2. The van der Waals surface area contributed by atoms with Crippen LogP contribution in [0.1, 0.15) is 23.6 Å². The Bertz CT molecular complexity index is 791. The summed E-state index contributed by atoms with van der Waals surface area (Å²) < 4.78 is 0. The summed E-state index contributed by atoms with van der Waals surface area (Å²) in [7, 11) is 0. The summed E-state index contributed by atoms with van der Waals surface area (Å²) in [5.74, 6) is 0. The quantitative estimate of drug-likeness (QED) is 0.715. The Morgan fingerprint density at radius 3 is 2.62 bits per heavy atom. The van der Waals surface area contributed by atoms with Crippen LogP contribution in [0.25, 0.3) is 10.9 Å². The Balaban J connectivity index is 2.13. The fraction of sp³-hybridized carbons (Fsp3) is 0.211. The third kappa shape index (κ3) is 2.62. The van der Waals surface area contributed by atoms with Crippen molar-refractivity contribution in [2.24, 2.45) is 0 Å². The Labute approximate surface area is 125 Å². The van der Waals surface area contributed by atoms with Gasteiger partial charge in [-0.25, -0.2) is 0 Å². The molecule has 1 N–H and O–H groups in total. The summed E-state index contributed by atoms with van der Waals surface area (Å²) in [6.45, 7) is 6.43. The van der Waals surface area contributed by atoms with Gasteiger partial charge in [-0.1, -0.05) is 36.8 Å². The summed E-state index contributed by atoms with van der Waals surface area (Å²) in [6, 6.07) is 14.9. The molecule has 1 aromatic heterocycles. The van der Waals surface area contributed by atoms with E-state index in [0.717, 1.165) is 17.6 Å². The largest absolute Gasteiger partial charge is 0.355 e. The van der Waals surface area contributed by atoms with Crippen molar-refractivity contribution in [3.63, 3.8) is 0 Å². The van der Waals surface area contributed by atoms with Crippen molar-refractivity contribution in [1.82, 2.24) is 4.98 Å². The minimum atomic E-state index is 1.02. The number of nitrogens with zero attached hydrogens (tertiary/aromatic N) is 1. The lowest BCUT2D eigenvalue weighted by Gasteiger charge is -2.14. The molecule has 3 aromatic rings. The van der Waals surface area contributed by atoms with E-state index in [1.807, 2.05) is 12.3 Å². The van der Waals surface area contributed by atoms with Crippen LogP contribution < -0.4 is 5.32 Å². The summed E-state index contributed by atoms with van der Waals surface area (Å²) in [4.78, 5) is 4.53. The van der Waals surface area contributed by atoms with Crippen LogP contribution in [-0.2, 0) is 6.42 Å². The van der Waals surface area contributed by atoms with E-state index in [1.165, 1.54) is 27.8 Å². The van der Waals surface area contributed by atoms with Crippen molar-refractivity contribution in [1.29, 1.82) is 0 Å². The number of hydrogen-bond donors (Lipinski definition) is 1. The monoisotopic (exact) mass is 276 g/mol. The molecule has 0 unspecified atom stereocenters. The average molecular weight is 276 g/mol. The highest BCUT2D eigenvalue weighted by Gasteiger charge is 2.07.